The number of nitrogens with one attached hydrogen (secondary N) is 1. The standard InChI is InChI=1S/C20H26N2O3S/c1-14(2)17-9-11-18(12-10-17)21-20(23)13-22(26(5,24)25)19-8-6-7-15(3)16(19)4/h6-12,14H,13H2,1-5H3,(H,21,23). The van der Waals surface area contributed by atoms with Gasteiger partial charge in [0.15, 0.2) is 0 Å². The summed E-state index contributed by atoms with van der Waals surface area (Å²) in [5.74, 6) is 0.0263. The molecule has 0 unspecified atom stereocenters. The van der Waals surface area contributed by atoms with Gasteiger partial charge in [-0.15, -0.1) is 0 Å². The number of aryl methyl sites for hydroxylation is 1. The van der Waals surface area contributed by atoms with Crippen molar-refractivity contribution < 1.29 is 13.2 Å². The molecular weight excluding hydrogens is 348 g/mol. The molecule has 2 aromatic carbocycles. The van der Waals surface area contributed by atoms with E-state index < -0.39 is 10.0 Å². The van der Waals surface area contributed by atoms with Crippen LogP contribution in [-0.4, -0.2) is 27.1 Å². The third-order valence-electron chi connectivity index (χ3n) is 4.39. The molecule has 140 valence electrons. The van der Waals surface area contributed by atoms with Crippen molar-refractivity contribution in [2.45, 2.75) is 33.6 Å². The average molecular weight is 375 g/mol. The number of rotatable bonds is 6. The maximum absolute atomic E-state index is 12.4. The highest BCUT2D eigenvalue weighted by atomic mass is 32.2. The van der Waals surface area contributed by atoms with Gasteiger partial charge in [-0.1, -0.05) is 38.1 Å². The topological polar surface area (TPSA) is 66.5 Å². The van der Waals surface area contributed by atoms with Crippen molar-refractivity contribution in [1.29, 1.82) is 0 Å². The number of hydrogen-bond acceptors (Lipinski definition) is 3. The summed E-state index contributed by atoms with van der Waals surface area (Å²) < 4.78 is 25.6. The maximum atomic E-state index is 12.4. The summed E-state index contributed by atoms with van der Waals surface area (Å²) in [6.45, 7) is 7.69. The molecule has 1 amide bonds. The van der Waals surface area contributed by atoms with Crippen LogP contribution in [0.1, 0.15) is 36.5 Å². The summed E-state index contributed by atoms with van der Waals surface area (Å²) in [4.78, 5) is 12.4. The van der Waals surface area contributed by atoms with Crippen molar-refractivity contribution >= 4 is 27.3 Å². The van der Waals surface area contributed by atoms with Gasteiger partial charge in [-0.05, 0) is 54.7 Å². The van der Waals surface area contributed by atoms with E-state index in [1.807, 2.05) is 44.2 Å². The average Bonchev–Trinajstić information content (AvgIpc) is 2.55. The Labute approximate surface area is 156 Å². The van der Waals surface area contributed by atoms with Crippen LogP contribution in [0.25, 0.3) is 0 Å². The van der Waals surface area contributed by atoms with Crippen LogP contribution in [0, 0.1) is 13.8 Å². The molecule has 0 saturated carbocycles. The van der Waals surface area contributed by atoms with E-state index in [2.05, 4.69) is 19.2 Å². The quantitative estimate of drug-likeness (QED) is 0.835. The smallest absolute Gasteiger partial charge is 0.245 e. The molecule has 0 aliphatic rings. The van der Waals surface area contributed by atoms with E-state index in [1.165, 1.54) is 5.56 Å². The van der Waals surface area contributed by atoms with Crippen LogP contribution < -0.4 is 9.62 Å². The molecule has 0 aliphatic heterocycles. The molecule has 6 heteroatoms. The lowest BCUT2D eigenvalue weighted by molar-refractivity contribution is -0.114. The maximum Gasteiger partial charge on any atom is 0.245 e. The van der Waals surface area contributed by atoms with Crippen molar-refractivity contribution in [3.05, 3.63) is 59.2 Å². The lowest BCUT2D eigenvalue weighted by Crippen LogP contribution is -2.38. The van der Waals surface area contributed by atoms with E-state index >= 15 is 0 Å². The van der Waals surface area contributed by atoms with Gasteiger partial charge in [0.1, 0.15) is 6.54 Å². The zero-order valence-corrected chi connectivity index (χ0v) is 16.7. The number of carbonyl (C=O) groups excluding carboxylic acids is 1. The molecule has 0 bridgehead atoms. The van der Waals surface area contributed by atoms with Crippen molar-refractivity contribution in [1.82, 2.24) is 0 Å². The molecule has 2 rings (SSSR count). The molecular formula is C20H26N2O3S. The zero-order valence-electron chi connectivity index (χ0n) is 15.9. The first-order valence-corrected chi connectivity index (χ1v) is 10.4. The fourth-order valence-electron chi connectivity index (χ4n) is 2.67. The minimum Gasteiger partial charge on any atom is -0.325 e. The number of amides is 1. The van der Waals surface area contributed by atoms with Crippen LogP contribution >= 0.6 is 0 Å². The van der Waals surface area contributed by atoms with Crippen LogP contribution in [0.2, 0.25) is 0 Å². The summed E-state index contributed by atoms with van der Waals surface area (Å²) >= 11 is 0. The lowest BCUT2D eigenvalue weighted by Gasteiger charge is -2.24. The second kappa shape index (κ2) is 7.91. The van der Waals surface area contributed by atoms with Crippen LogP contribution in [0.3, 0.4) is 0 Å². The molecule has 5 nitrogen and oxygen atoms in total. The Morgan fingerprint density at radius 1 is 1.08 bits per heavy atom. The molecule has 1 N–H and O–H groups in total. The zero-order chi connectivity index (χ0) is 19.5. The fourth-order valence-corrected chi connectivity index (χ4v) is 3.58. The van der Waals surface area contributed by atoms with Gasteiger partial charge in [-0.25, -0.2) is 8.42 Å². The van der Waals surface area contributed by atoms with Crippen molar-refractivity contribution in [3.8, 4) is 0 Å². The predicted octanol–water partition coefficient (Wildman–Crippen LogP) is 3.83. The van der Waals surface area contributed by atoms with Crippen molar-refractivity contribution in [2.75, 3.05) is 22.4 Å². The molecule has 0 fully saturated rings. The molecule has 0 spiro atoms. The van der Waals surface area contributed by atoms with Crippen LogP contribution in [0.5, 0.6) is 0 Å². The van der Waals surface area contributed by atoms with Gasteiger partial charge in [0.25, 0.3) is 0 Å². The number of hydrogen-bond donors (Lipinski definition) is 1. The summed E-state index contributed by atoms with van der Waals surface area (Å²) in [6, 6.07) is 13.0. The highest BCUT2D eigenvalue weighted by Crippen LogP contribution is 2.25. The molecule has 0 aliphatic carbocycles. The van der Waals surface area contributed by atoms with Gasteiger partial charge in [0, 0.05) is 5.69 Å². The number of sulfonamides is 1. The fraction of sp³-hybridized carbons (Fsp3) is 0.350. The number of anilines is 2. The van der Waals surface area contributed by atoms with Gasteiger partial charge in [-0.2, -0.15) is 0 Å². The second-order valence-electron chi connectivity index (χ2n) is 6.81. The Morgan fingerprint density at radius 2 is 1.69 bits per heavy atom. The minimum absolute atomic E-state index is 0.269. The first-order chi connectivity index (χ1) is 12.1. The molecule has 0 aromatic heterocycles. The Hall–Kier alpha value is -2.34. The van der Waals surface area contributed by atoms with E-state index in [4.69, 9.17) is 0 Å². The van der Waals surface area contributed by atoms with Crippen molar-refractivity contribution in [2.24, 2.45) is 0 Å². The lowest BCUT2D eigenvalue weighted by atomic mass is 10.0. The number of carbonyl (C=O) groups is 1. The first-order valence-electron chi connectivity index (χ1n) is 8.53. The SMILES string of the molecule is Cc1cccc(N(CC(=O)Nc2ccc(C(C)C)cc2)S(C)(=O)=O)c1C. The Bertz CT molecular complexity index is 888. The van der Waals surface area contributed by atoms with Crippen LogP contribution in [0.15, 0.2) is 42.5 Å². The summed E-state index contributed by atoms with van der Waals surface area (Å²) in [7, 11) is -3.59. The molecule has 26 heavy (non-hydrogen) atoms. The van der Waals surface area contributed by atoms with Gasteiger partial charge in [0.05, 0.1) is 11.9 Å². The molecule has 2 aromatic rings. The van der Waals surface area contributed by atoms with E-state index in [9.17, 15) is 13.2 Å². The number of nitrogens with zero attached hydrogens (tertiary/aromatic N) is 1. The Balaban J connectivity index is 2.21. The molecule has 0 radical (unpaired) electrons. The number of benzene rings is 2. The highest BCUT2D eigenvalue weighted by Gasteiger charge is 2.22. The normalized spacial score (nSPS) is 11.5. The summed E-state index contributed by atoms with van der Waals surface area (Å²) in [6.07, 6.45) is 1.11. The molecule has 0 heterocycles. The minimum atomic E-state index is -3.59. The molecule has 0 saturated heterocycles. The molecule has 0 atom stereocenters. The van der Waals surface area contributed by atoms with Gasteiger partial charge >= 0.3 is 0 Å². The van der Waals surface area contributed by atoms with E-state index in [-0.39, 0.29) is 12.5 Å². The third kappa shape index (κ3) is 4.85. The van der Waals surface area contributed by atoms with E-state index in [0.717, 1.165) is 21.7 Å². The second-order valence-corrected chi connectivity index (χ2v) is 8.72. The summed E-state index contributed by atoms with van der Waals surface area (Å²) in [5.41, 5.74) is 4.16. The van der Waals surface area contributed by atoms with Gasteiger partial charge in [0.2, 0.25) is 15.9 Å². The van der Waals surface area contributed by atoms with Crippen LogP contribution in [0.4, 0.5) is 11.4 Å². The van der Waals surface area contributed by atoms with E-state index in [1.54, 1.807) is 12.1 Å². The van der Waals surface area contributed by atoms with Gasteiger partial charge < -0.3 is 5.32 Å². The Morgan fingerprint density at radius 3 is 2.23 bits per heavy atom. The predicted molar refractivity (Wildman–Crippen MR) is 107 cm³/mol. The Kier molecular flexibility index (Phi) is 6.08. The first kappa shape index (κ1) is 20.0. The third-order valence-corrected chi connectivity index (χ3v) is 5.52. The monoisotopic (exact) mass is 374 g/mol. The highest BCUT2D eigenvalue weighted by molar-refractivity contribution is 7.92. The van der Waals surface area contributed by atoms with Crippen LogP contribution in [-0.2, 0) is 14.8 Å². The largest absolute Gasteiger partial charge is 0.325 e. The van der Waals surface area contributed by atoms with E-state index in [0.29, 0.717) is 17.3 Å². The van der Waals surface area contributed by atoms with Gasteiger partial charge in [-0.3, -0.25) is 9.10 Å². The van der Waals surface area contributed by atoms with Crippen molar-refractivity contribution in [3.63, 3.8) is 0 Å². The summed E-state index contributed by atoms with van der Waals surface area (Å²) in [5, 5.41) is 2.77.